The lowest BCUT2D eigenvalue weighted by atomic mass is 10.1. The molecule has 3 rings (SSSR count). The van der Waals surface area contributed by atoms with E-state index in [0.29, 0.717) is 16.5 Å². The molecule has 0 aliphatic rings. The third kappa shape index (κ3) is 2.15. The lowest BCUT2D eigenvalue weighted by Gasteiger charge is -2.09. The quantitative estimate of drug-likeness (QED) is 0.788. The molecule has 0 saturated heterocycles. The molecule has 0 aliphatic carbocycles. The maximum absolute atomic E-state index is 11.3. The molecule has 0 saturated carbocycles. The third-order valence-corrected chi connectivity index (χ3v) is 3.89. The fourth-order valence-corrected chi connectivity index (χ4v) is 2.40. The number of aryl methyl sites for hydroxylation is 1. The van der Waals surface area contributed by atoms with Crippen LogP contribution in [0, 0.1) is 13.8 Å². The van der Waals surface area contributed by atoms with Crippen molar-refractivity contribution >= 4 is 28.3 Å². The zero-order valence-electron chi connectivity index (χ0n) is 11.5. The van der Waals surface area contributed by atoms with Crippen LogP contribution in [0.25, 0.3) is 16.6 Å². The Morgan fingerprint density at radius 1 is 1.29 bits per heavy atom. The first kappa shape index (κ1) is 13.6. The molecule has 0 unspecified atom stereocenters. The largest absolute Gasteiger partial charge is 0.477 e. The predicted octanol–water partition coefficient (Wildman–Crippen LogP) is 3.39. The fourth-order valence-electron chi connectivity index (χ4n) is 2.28. The molecule has 0 atom stereocenters. The highest BCUT2D eigenvalue weighted by Crippen LogP contribution is 2.26. The van der Waals surface area contributed by atoms with Gasteiger partial charge in [-0.15, -0.1) is 0 Å². The van der Waals surface area contributed by atoms with Gasteiger partial charge in [-0.1, -0.05) is 35.9 Å². The Kier molecular flexibility index (Phi) is 3.14. The molecule has 1 aromatic carbocycles. The van der Waals surface area contributed by atoms with Crippen molar-refractivity contribution in [1.82, 2.24) is 14.8 Å². The molecule has 0 aliphatic heterocycles. The zero-order valence-corrected chi connectivity index (χ0v) is 12.2. The molecule has 2 heterocycles. The van der Waals surface area contributed by atoms with Crippen LogP contribution in [0.5, 0.6) is 0 Å². The minimum atomic E-state index is -1.07. The number of aromatic carboxylic acids is 1. The Bertz CT molecular complexity index is 871. The van der Waals surface area contributed by atoms with Crippen molar-refractivity contribution in [1.29, 1.82) is 0 Å². The van der Waals surface area contributed by atoms with Crippen LogP contribution < -0.4 is 0 Å². The van der Waals surface area contributed by atoms with Gasteiger partial charge < -0.3 is 5.11 Å². The summed E-state index contributed by atoms with van der Waals surface area (Å²) in [7, 11) is 0. The molecular formula is C15H12ClN3O2. The number of carboxylic acid groups (broad SMARTS) is 1. The number of benzene rings is 1. The summed E-state index contributed by atoms with van der Waals surface area (Å²) in [6, 6.07) is 9.01. The molecule has 106 valence electrons. The van der Waals surface area contributed by atoms with Gasteiger partial charge in [0.05, 0.1) is 16.4 Å². The predicted molar refractivity (Wildman–Crippen MR) is 80.3 cm³/mol. The van der Waals surface area contributed by atoms with E-state index in [1.165, 1.54) is 0 Å². The van der Waals surface area contributed by atoms with Crippen molar-refractivity contribution in [2.45, 2.75) is 13.8 Å². The van der Waals surface area contributed by atoms with Crippen LogP contribution in [0.1, 0.15) is 21.9 Å². The first-order chi connectivity index (χ1) is 9.99. The van der Waals surface area contributed by atoms with Gasteiger partial charge in [0.1, 0.15) is 0 Å². The Morgan fingerprint density at radius 2 is 2.00 bits per heavy atom. The summed E-state index contributed by atoms with van der Waals surface area (Å²) in [5.41, 5.74) is 1.39. The summed E-state index contributed by atoms with van der Waals surface area (Å²) in [5.74, 6) is -0.604. The number of carboxylic acids is 1. The Morgan fingerprint density at radius 3 is 2.62 bits per heavy atom. The molecule has 0 fully saturated rings. The second-order valence-corrected chi connectivity index (χ2v) is 5.13. The molecule has 2 aromatic heterocycles. The smallest absolute Gasteiger partial charge is 0.354 e. The molecule has 5 nitrogen and oxygen atoms in total. The number of nitrogens with zero attached hydrogens (tertiary/aromatic N) is 3. The Labute approximate surface area is 125 Å². The van der Waals surface area contributed by atoms with Crippen LogP contribution in [0.15, 0.2) is 30.3 Å². The van der Waals surface area contributed by atoms with E-state index in [0.717, 1.165) is 16.5 Å². The van der Waals surface area contributed by atoms with E-state index >= 15 is 0 Å². The molecule has 0 spiro atoms. The SMILES string of the molecule is Cc1nn(-c2nc(C(=O)O)cc3ccccc23)c(C)c1Cl. The molecular weight excluding hydrogens is 290 g/mol. The molecule has 1 N–H and O–H groups in total. The number of pyridine rings is 1. The number of halogens is 1. The summed E-state index contributed by atoms with van der Waals surface area (Å²) < 4.78 is 1.59. The minimum Gasteiger partial charge on any atom is -0.477 e. The van der Waals surface area contributed by atoms with Crippen LogP contribution in [0.3, 0.4) is 0 Å². The minimum absolute atomic E-state index is 0.0209. The standard InChI is InChI=1S/C15H12ClN3O2/c1-8-13(16)9(2)19(18-8)14-11-6-4-3-5-10(11)7-12(17-14)15(20)21/h3-7H,1-2H3,(H,20,21). The van der Waals surface area contributed by atoms with E-state index in [2.05, 4.69) is 10.1 Å². The second kappa shape index (κ2) is 4.86. The van der Waals surface area contributed by atoms with E-state index in [-0.39, 0.29) is 5.69 Å². The highest BCUT2D eigenvalue weighted by Gasteiger charge is 2.17. The Hall–Kier alpha value is -2.40. The third-order valence-electron chi connectivity index (χ3n) is 3.34. The number of carbonyl (C=O) groups is 1. The van der Waals surface area contributed by atoms with Gasteiger partial charge in [-0.05, 0) is 25.3 Å². The highest BCUT2D eigenvalue weighted by atomic mass is 35.5. The average Bonchev–Trinajstić information content (AvgIpc) is 2.73. The van der Waals surface area contributed by atoms with Crippen molar-refractivity contribution in [2.24, 2.45) is 0 Å². The van der Waals surface area contributed by atoms with Crippen molar-refractivity contribution < 1.29 is 9.90 Å². The van der Waals surface area contributed by atoms with E-state index in [1.807, 2.05) is 31.2 Å². The molecule has 3 aromatic rings. The molecule has 0 bridgehead atoms. The molecule has 0 radical (unpaired) electrons. The molecule has 21 heavy (non-hydrogen) atoms. The van der Waals surface area contributed by atoms with Crippen LogP contribution >= 0.6 is 11.6 Å². The van der Waals surface area contributed by atoms with Gasteiger partial charge in [0.25, 0.3) is 0 Å². The summed E-state index contributed by atoms with van der Waals surface area (Å²) in [5, 5.41) is 15.8. The summed E-state index contributed by atoms with van der Waals surface area (Å²) in [4.78, 5) is 15.5. The van der Waals surface area contributed by atoms with Crippen molar-refractivity contribution in [3.8, 4) is 5.82 Å². The summed E-state index contributed by atoms with van der Waals surface area (Å²) in [6.07, 6.45) is 0. The van der Waals surface area contributed by atoms with Gasteiger partial charge in [-0.25, -0.2) is 14.5 Å². The maximum Gasteiger partial charge on any atom is 0.354 e. The van der Waals surface area contributed by atoms with Crippen LogP contribution in [-0.2, 0) is 0 Å². The van der Waals surface area contributed by atoms with Crippen molar-refractivity contribution in [2.75, 3.05) is 0 Å². The van der Waals surface area contributed by atoms with E-state index < -0.39 is 5.97 Å². The van der Waals surface area contributed by atoms with Gasteiger partial charge >= 0.3 is 5.97 Å². The fraction of sp³-hybridized carbons (Fsp3) is 0.133. The second-order valence-electron chi connectivity index (χ2n) is 4.75. The highest BCUT2D eigenvalue weighted by molar-refractivity contribution is 6.31. The first-order valence-electron chi connectivity index (χ1n) is 6.34. The van der Waals surface area contributed by atoms with E-state index in [4.69, 9.17) is 11.6 Å². The molecule has 6 heteroatoms. The molecule has 0 amide bonds. The van der Waals surface area contributed by atoms with Crippen molar-refractivity contribution in [3.05, 3.63) is 52.4 Å². The van der Waals surface area contributed by atoms with Gasteiger partial charge in [-0.3, -0.25) is 0 Å². The maximum atomic E-state index is 11.3. The van der Waals surface area contributed by atoms with Gasteiger partial charge in [0.15, 0.2) is 11.5 Å². The lowest BCUT2D eigenvalue weighted by molar-refractivity contribution is 0.0690. The zero-order chi connectivity index (χ0) is 15.1. The average molecular weight is 302 g/mol. The van der Waals surface area contributed by atoms with Gasteiger partial charge in [0.2, 0.25) is 0 Å². The van der Waals surface area contributed by atoms with E-state index in [1.54, 1.807) is 17.7 Å². The van der Waals surface area contributed by atoms with Crippen molar-refractivity contribution in [3.63, 3.8) is 0 Å². The van der Waals surface area contributed by atoms with E-state index in [9.17, 15) is 9.90 Å². The van der Waals surface area contributed by atoms with Crippen LogP contribution in [-0.4, -0.2) is 25.8 Å². The number of fused-ring (bicyclic) bond motifs is 1. The topological polar surface area (TPSA) is 68.0 Å². The Balaban J connectivity index is 2.39. The van der Waals surface area contributed by atoms with Gasteiger partial charge in [-0.2, -0.15) is 5.10 Å². The summed E-state index contributed by atoms with van der Waals surface area (Å²) in [6.45, 7) is 3.63. The first-order valence-corrected chi connectivity index (χ1v) is 6.72. The number of rotatable bonds is 2. The normalized spacial score (nSPS) is 11.0. The summed E-state index contributed by atoms with van der Waals surface area (Å²) >= 11 is 6.17. The lowest BCUT2D eigenvalue weighted by Crippen LogP contribution is -2.08. The van der Waals surface area contributed by atoms with Crippen LogP contribution in [0.2, 0.25) is 5.02 Å². The number of hydrogen-bond donors (Lipinski definition) is 1. The van der Waals surface area contributed by atoms with Gasteiger partial charge in [0, 0.05) is 5.39 Å². The number of hydrogen-bond acceptors (Lipinski definition) is 3. The number of aromatic nitrogens is 3. The van der Waals surface area contributed by atoms with Crippen LogP contribution in [0.4, 0.5) is 0 Å². The monoisotopic (exact) mass is 301 g/mol.